The molecule has 0 saturated carbocycles. The second kappa shape index (κ2) is 3.56. The van der Waals surface area contributed by atoms with E-state index in [2.05, 4.69) is 9.98 Å². The first kappa shape index (κ1) is 7.58. The van der Waals surface area contributed by atoms with Crippen LogP contribution in [0.3, 0.4) is 0 Å². The van der Waals surface area contributed by atoms with E-state index >= 15 is 0 Å². The molecule has 0 aromatic carbocycles. The second-order valence-corrected chi connectivity index (χ2v) is 2.75. The van der Waals surface area contributed by atoms with Crippen LogP contribution >= 0.6 is 0 Å². The maximum atomic E-state index is 5.25. The van der Waals surface area contributed by atoms with Crippen molar-refractivity contribution in [2.24, 2.45) is 9.98 Å². The van der Waals surface area contributed by atoms with Crippen LogP contribution in [0.1, 0.15) is 12.8 Å². The summed E-state index contributed by atoms with van der Waals surface area (Å²) < 4.78 is 10.5. The van der Waals surface area contributed by atoms with Crippen LogP contribution in [0.5, 0.6) is 0 Å². The highest BCUT2D eigenvalue weighted by Crippen LogP contribution is 2.06. The van der Waals surface area contributed by atoms with E-state index in [1.807, 2.05) is 0 Å². The molecule has 0 saturated heterocycles. The molecule has 0 fully saturated rings. The molecular weight excluding hydrogens is 156 g/mol. The predicted molar refractivity (Wildman–Crippen MR) is 45.7 cm³/mol. The Morgan fingerprint density at radius 2 is 1.42 bits per heavy atom. The summed E-state index contributed by atoms with van der Waals surface area (Å²) in [7, 11) is 0. The fourth-order valence-electron chi connectivity index (χ4n) is 1.28. The Bertz CT molecular complexity index is 199. The van der Waals surface area contributed by atoms with E-state index < -0.39 is 0 Å². The number of hydrogen-bond acceptors (Lipinski definition) is 4. The van der Waals surface area contributed by atoms with Crippen molar-refractivity contribution >= 4 is 11.8 Å². The van der Waals surface area contributed by atoms with Crippen molar-refractivity contribution in [3.63, 3.8) is 0 Å². The van der Waals surface area contributed by atoms with Crippen molar-refractivity contribution in [3.05, 3.63) is 0 Å². The third-order valence-corrected chi connectivity index (χ3v) is 1.85. The van der Waals surface area contributed by atoms with Gasteiger partial charge in [0.2, 0.25) is 0 Å². The molecule has 2 rings (SSSR count). The third kappa shape index (κ3) is 1.75. The van der Waals surface area contributed by atoms with Gasteiger partial charge in [-0.25, -0.2) is 0 Å². The Kier molecular flexibility index (Phi) is 2.25. The van der Waals surface area contributed by atoms with Crippen LogP contribution in [0, 0.1) is 0 Å². The highest BCUT2D eigenvalue weighted by atomic mass is 16.5. The zero-order valence-corrected chi connectivity index (χ0v) is 6.95. The van der Waals surface area contributed by atoms with E-state index in [-0.39, 0.29) is 0 Å². The summed E-state index contributed by atoms with van der Waals surface area (Å²) in [5.74, 6) is 1.71. The molecule has 0 aromatic rings. The van der Waals surface area contributed by atoms with E-state index in [9.17, 15) is 0 Å². The number of nitrogens with zero attached hydrogens (tertiary/aromatic N) is 2. The van der Waals surface area contributed by atoms with Crippen molar-refractivity contribution in [2.75, 3.05) is 26.3 Å². The molecule has 0 amide bonds. The van der Waals surface area contributed by atoms with Crippen molar-refractivity contribution in [2.45, 2.75) is 12.8 Å². The fraction of sp³-hybridized carbons (Fsp3) is 0.750. The van der Waals surface area contributed by atoms with Crippen LogP contribution in [0.4, 0.5) is 0 Å². The lowest BCUT2D eigenvalue weighted by Crippen LogP contribution is -2.04. The monoisotopic (exact) mass is 168 g/mol. The SMILES string of the molecule is C1COC(CCC2=NCCO2)=N1. The van der Waals surface area contributed by atoms with Crippen LogP contribution < -0.4 is 0 Å². The molecule has 0 N–H and O–H groups in total. The lowest BCUT2D eigenvalue weighted by atomic mass is 10.3. The first-order chi connectivity index (χ1) is 5.95. The van der Waals surface area contributed by atoms with Gasteiger partial charge in [-0.1, -0.05) is 0 Å². The maximum Gasteiger partial charge on any atom is 0.183 e. The van der Waals surface area contributed by atoms with Gasteiger partial charge < -0.3 is 9.47 Å². The molecule has 0 atom stereocenters. The summed E-state index contributed by atoms with van der Waals surface area (Å²) in [4.78, 5) is 8.36. The minimum Gasteiger partial charge on any atom is -0.479 e. The lowest BCUT2D eigenvalue weighted by molar-refractivity contribution is 0.327. The molecule has 2 heterocycles. The van der Waals surface area contributed by atoms with Crippen LogP contribution in [-0.4, -0.2) is 38.1 Å². The Morgan fingerprint density at radius 1 is 0.917 bits per heavy atom. The first-order valence-corrected chi connectivity index (χ1v) is 4.27. The Hall–Kier alpha value is -1.06. The summed E-state index contributed by atoms with van der Waals surface area (Å²) in [6.45, 7) is 3.09. The average molecular weight is 168 g/mol. The van der Waals surface area contributed by atoms with Crippen LogP contribution in [0.2, 0.25) is 0 Å². The van der Waals surface area contributed by atoms with Gasteiger partial charge in [-0.15, -0.1) is 0 Å². The maximum absolute atomic E-state index is 5.25. The molecule has 66 valence electrons. The molecule has 0 unspecified atom stereocenters. The van der Waals surface area contributed by atoms with Crippen LogP contribution in [0.25, 0.3) is 0 Å². The van der Waals surface area contributed by atoms with Gasteiger partial charge in [-0.3, -0.25) is 9.98 Å². The quantitative estimate of drug-likeness (QED) is 0.620. The number of hydrogen-bond donors (Lipinski definition) is 0. The minimum absolute atomic E-state index is 0.739. The van der Waals surface area contributed by atoms with Gasteiger partial charge >= 0.3 is 0 Å². The highest BCUT2D eigenvalue weighted by Gasteiger charge is 2.11. The van der Waals surface area contributed by atoms with Gasteiger partial charge in [0, 0.05) is 12.8 Å². The van der Waals surface area contributed by atoms with E-state index in [1.165, 1.54) is 0 Å². The van der Waals surface area contributed by atoms with Gasteiger partial charge in [0.05, 0.1) is 13.1 Å². The molecule has 2 aliphatic heterocycles. The second-order valence-electron chi connectivity index (χ2n) is 2.75. The largest absolute Gasteiger partial charge is 0.479 e. The molecule has 2 aliphatic rings. The first-order valence-electron chi connectivity index (χ1n) is 4.27. The molecule has 0 aromatic heterocycles. The predicted octanol–water partition coefficient (Wildman–Crippen LogP) is 0.624. The molecule has 0 bridgehead atoms. The van der Waals surface area contributed by atoms with Crippen molar-refractivity contribution in [1.29, 1.82) is 0 Å². The van der Waals surface area contributed by atoms with Gasteiger partial charge in [-0.05, 0) is 0 Å². The van der Waals surface area contributed by atoms with Gasteiger partial charge in [0.15, 0.2) is 11.8 Å². The number of rotatable bonds is 3. The van der Waals surface area contributed by atoms with E-state index in [4.69, 9.17) is 9.47 Å². The van der Waals surface area contributed by atoms with E-state index in [0.29, 0.717) is 0 Å². The van der Waals surface area contributed by atoms with E-state index in [1.54, 1.807) is 0 Å². The zero-order valence-electron chi connectivity index (χ0n) is 6.95. The normalized spacial score (nSPS) is 21.3. The van der Waals surface area contributed by atoms with E-state index in [0.717, 1.165) is 50.9 Å². The fourth-order valence-corrected chi connectivity index (χ4v) is 1.28. The zero-order chi connectivity index (χ0) is 8.23. The molecule has 0 spiro atoms. The lowest BCUT2D eigenvalue weighted by Gasteiger charge is -2.01. The molecule has 0 radical (unpaired) electrons. The standard InChI is InChI=1S/C8H12N2O2/c1(7-9-3-5-11-7)2-8-10-4-6-12-8/h1-6H2. The Labute approximate surface area is 71.3 Å². The van der Waals surface area contributed by atoms with Crippen LogP contribution in [-0.2, 0) is 9.47 Å². The molecule has 12 heavy (non-hydrogen) atoms. The Morgan fingerprint density at radius 3 is 1.75 bits per heavy atom. The van der Waals surface area contributed by atoms with Crippen LogP contribution in [0.15, 0.2) is 9.98 Å². The topological polar surface area (TPSA) is 43.2 Å². The molecular formula is C8H12N2O2. The smallest absolute Gasteiger partial charge is 0.183 e. The summed E-state index contributed by atoms with van der Waals surface area (Å²) in [5.41, 5.74) is 0. The van der Waals surface area contributed by atoms with Crippen molar-refractivity contribution in [1.82, 2.24) is 0 Å². The average Bonchev–Trinajstić information content (AvgIpc) is 2.74. The van der Waals surface area contributed by atoms with Gasteiger partial charge in [0.25, 0.3) is 0 Å². The molecule has 4 nitrogen and oxygen atoms in total. The Balaban J connectivity index is 1.74. The number of aliphatic imine (C=N–C) groups is 2. The van der Waals surface area contributed by atoms with Crippen molar-refractivity contribution in [3.8, 4) is 0 Å². The number of ether oxygens (including phenoxy) is 2. The summed E-state index contributed by atoms with van der Waals surface area (Å²) >= 11 is 0. The third-order valence-electron chi connectivity index (χ3n) is 1.85. The molecule has 4 heteroatoms. The summed E-state index contributed by atoms with van der Waals surface area (Å²) in [5, 5.41) is 0. The van der Waals surface area contributed by atoms with Gasteiger partial charge in [-0.2, -0.15) is 0 Å². The highest BCUT2D eigenvalue weighted by molar-refractivity contribution is 5.84. The van der Waals surface area contributed by atoms with Crippen molar-refractivity contribution < 1.29 is 9.47 Å². The molecule has 0 aliphatic carbocycles. The van der Waals surface area contributed by atoms with Gasteiger partial charge in [0.1, 0.15) is 13.2 Å². The summed E-state index contributed by atoms with van der Waals surface area (Å²) in [6, 6.07) is 0. The summed E-state index contributed by atoms with van der Waals surface area (Å²) in [6.07, 6.45) is 1.66. The minimum atomic E-state index is 0.739.